The van der Waals surface area contributed by atoms with Crippen LogP contribution in [0.2, 0.25) is 0 Å². The van der Waals surface area contributed by atoms with Gasteiger partial charge in [-0.1, -0.05) is 96.2 Å². The Morgan fingerprint density at radius 3 is 1.88 bits per heavy atom. The second-order valence-corrected chi connectivity index (χ2v) is 31.5. The zero-order valence-corrected chi connectivity index (χ0v) is 70.7. The van der Waals surface area contributed by atoms with E-state index >= 15 is 0 Å². The number of phenolic OH excluding ortho intramolecular Hbond substituents is 1. The second-order valence-electron chi connectivity index (χ2n) is 27.2. The maximum absolute atomic E-state index is 13.3. The first-order valence-corrected chi connectivity index (χ1v) is 42.2. The van der Waals surface area contributed by atoms with Gasteiger partial charge < -0.3 is 104 Å². The van der Waals surface area contributed by atoms with E-state index in [9.17, 15) is 108 Å². The first-order valence-electron chi connectivity index (χ1n) is 38.3. The van der Waals surface area contributed by atoms with Gasteiger partial charge in [0.2, 0.25) is 11.8 Å². The lowest BCUT2D eigenvalue weighted by atomic mass is 9.80. The minimum absolute atomic E-state index is 0. The molecule has 0 saturated carbocycles. The molecule has 5 aliphatic heterocycles. The van der Waals surface area contributed by atoms with Crippen molar-refractivity contribution >= 4 is 169 Å². The number of nitrogens with one attached hydrogen (secondary N) is 4. The minimum atomic E-state index is -1.73. The highest BCUT2D eigenvalue weighted by molar-refractivity contribution is 8.01. The molecule has 5 aliphatic carbocycles. The maximum Gasteiger partial charge on any atom is 0.349 e. The number of rotatable bonds is 20. The van der Waals surface area contributed by atoms with Crippen LogP contribution in [0.25, 0.3) is 85.6 Å². The molecule has 0 radical (unpaired) electrons. The average Bonchev–Trinajstić information content (AvgIpc) is 0.727. The number of hydrogen-bond acceptors (Lipinski definition) is 30. The molecule has 37 heteroatoms. The summed E-state index contributed by atoms with van der Waals surface area (Å²) in [4.78, 5) is 164. The number of thioether (sulfide) groups is 3. The summed E-state index contributed by atoms with van der Waals surface area (Å²) in [6, 6.07) is 22.0. The Hall–Kier alpha value is -12.6. The van der Waals surface area contributed by atoms with Gasteiger partial charge >= 0.3 is 17.2 Å². The number of carbonyl (C=O) groups excluding carboxylic acids is 8. The van der Waals surface area contributed by atoms with Gasteiger partial charge in [-0.3, -0.25) is 38.7 Å². The van der Waals surface area contributed by atoms with Crippen LogP contribution in [0.15, 0.2) is 191 Å². The number of allylic oxidation sites excluding steroid dienone is 3. The van der Waals surface area contributed by atoms with E-state index in [0.717, 1.165) is 34.0 Å². The van der Waals surface area contributed by atoms with Crippen LogP contribution in [0.1, 0.15) is 88.2 Å². The predicted octanol–water partition coefficient (Wildman–Crippen LogP) is 1.11. The highest BCUT2D eigenvalue weighted by atomic mass is 35.5. The Kier molecular flexibility index (Phi) is 31.0. The number of aliphatic carboxylic acids is 4. The number of fused-ring (bicyclic) bond motifs is 7. The van der Waals surface area contributed by atoms with Crippen LogP contribution in [-0.4, -0.2) is 161 Å². The van der Waals surface area contributed by atoms with Crippen LogP contribution in [0, 0.1) is 5.92 Å². The third kappa shape index (κ3) is 21.0. The van der Waals surface area contributed by atoms with Gasteiger partial charge in [0.25, 0.3) is 11.8 Å². The Labute approximate surface area is 727 Å². The van der Waals surface area contributed by atoms with Crippen LogP contribution in [0.3, 0.4) is 0 Å². The van der Waals surface area contributed by atoms with Gasteiger partial charge in [-0.25, -0.2) is 14.4 Å². The lowest BCUT2D eigenvalue weighted by Gasteiger charge is -2.50. The van der Waals surface area contributed by atoms with Crippen LogP contribution >= 0.6 is 58.5 Å². The molecule has 9 atom stereocenters. The normalized spacial score (nSPS) is 19.1. The van der Waals surface area contributed by atoms with E-state index in [1.807, 2.05) is 54.5 Å². The zero-order valence-electron chi connectivity index (χ0n) is 66.8. The molecule has 124 heavy (non-hydrogen) atoms. The maximum atomic E-state index is 13.3. The number of aliphatic hydroxyl groups is 2. The van der Waals surface area contributed by atoms with Crippen molar-refractivity contribution in [3.8, 4) is 45.3 Å². The van der Waals surface area contributed by atoms with E-state index in [-0.39, 0.29) is 104 Å². The van der Waals surface area contributed by atoms with Crippen LogP contribution in [0.4, 0.5) is 0 Å². The molecule has 4 amide bonds. The van der Waals surface area contributed by atoms with Crippen molar-refractivity contribution in [1.29, 1.82) is 0 Å². The van der Waals surface area contributed by atoms with E-state index < -0.39 is 134 Å². The fraction of sp³-hybridized carbons (Fsp3) is 0.264. The van der Waals surface area contributed by atoms with E-state index in [1.54, 1.807) is 42.5 Å². The number of benzene rings is 5. The topological polar surface area (TPSA) is 534 Å². The summed E-state index contributed by atoms with van der Waals surface area (Å²) in [6.45, 7) is 16.3. The van der Waals surface area contributed by atoms with E-state index in [1.165, 1.54) is 103 Å². The summed E-state index contributed by atoms with van der Waals surface area (Å²) in [5, 5.41) is 107. The van der Waals surface area contributed by atoms with Crippen molar-refractivity contribution in [3.05, 3.63) is 229 Å². The number of aromatic carboxylic acids is 1. The average molecular weight is 1790 g/mol. The van der Waals surface area contributed by atoms with Gasteiger partial charge in [0.05, 0.1) is 76.5 Å². The third-order valence-corrected chi connectivity index (χ3v) is 23.6. The van der Waals surface area contributed by atoms with Crippen LogP contribution in [0.5, 0.6) is 11.5 Å². The number of aromatic hydroxyl groups is 1. The zero-order chi connectivity index (χ0) is 90.6. The van der Waals surface area contributed by atoms with Crippen molar-refractivity contribution in [2.45, 2.75) is 112 Å². The lowest BCUT2D eigenvalue weighted by Crippen LogP contribution is -2.71. The van der Waals surface area contributed by atoms with Crippen molar-refractivity contribution in [2.24, 2.45) is 10.9 Å². The van der Waals surface area contributed by atoms with Gasteiger partial charge in [-0.15, -0.1) is 64.2 Å². The molecule has 0 bridgehead atoms. The molecule has 1 fully saturated rings. The van der Waals surface area contributed by atoms with Gasteiger partial charge in [0.15, 0.2) is 10.9 Å². The Balaban J connectivity index is 0.000000224. The van der Waals surface area contributed by atoms with Gasteiger partial charge in [-0.2, -0.15) is 0 Å². The number of hydrogen-bond donors (Lipinski definition) is 8. The third-order valence-electron chi connectivity index (χ3n) is 19.2. The number of aliphatic hydroxyl groups excluding tert-OH is 2. The summed E-state index contributed by atoms with van der Waals surface area (Å²) in [5.41, 5.74) is 1.95. The molecular weight excluding hydrogens is 1710 g/mol. The number of carbonyl (C=O) groups is 9. The largest absolute Gasteiger partial charge is 0.872 e. The first kappa shape index (κ1) is 93.7. The number of amides is 4. The van der Waals surface area contributed by atoms with Gasteiger partial charge in [0.1, 0.15) is 67.7 Å². The summed E-state index contributed by atoms with van der Waals surface area (Å²) in [6.07, 6.45) is 7.44. The lowest BCUT2D eigenvalue weighted by molar-refractivity contribution is -0.310. The monoisotopic (exact) mass is 1790 g/mol. The van der Waals surface area contributed by atoms with Crippen molar-refractivity contribution in [3.63, 3.8) is 0 Å². The van der Waals surface area contributed by atoms with Gasteiger partial charge in [-0.05, 0) is 115 Å². The standard InChI is InChI=1S/C40H30ClN3O12S2.C21H16O5.C20H18ClN3O9S.3C2H6.H2/c41-27-8-17-7-18(40(54)56-29(17)12-28(27)47)13-42-14-32(48)43-34-36(49)44-35(39(52)53)19(16-58-37(34)44)15-57-22-3-6-23(26(11-22)38(50)51)33-24-4-1-20(45)9-30(24)55-31-10-21(46)2-5-25(31)33;1-11-2-5-14(17(8-11)21(24)25)20-15-6-3-12(22)9-18(15)26-19-10-13(23)4-7-16(19)20;1-7-6-34-17(24-14(7)18(28)29)15(19(30)31)23-13(26)5-22-16(27)9-2-8-3-10(21)11(25)4-12(8)33-20(9)32;3*1-2;/h1-12,27-28,34,37,42,45,47H,13-16H2,(H,43,48)(H,50,51)(H,52,53);2-7,9-10,17,22H,8H2,1H3,(H,24,25);2-4,10-11,15,17,25H,1,5-6H2,(H,22,27)(H,23,26)(H,28,29)(H,30,31);3*1-2H3;1H/p-5. The molecule has 5 aromatic rings. The van der Waals surface area contributed by atoms with Crippen molar-refractivity contribution in [1.82, 2.24) is 26.2 Å². The number of phenols is 1. The number of carboxylic acids is 5. The molecule has 3 aromatic carbocycles. The minimum Gasteiger partial charge on any atom is -0.872 e. The molecule has 0 spiro atoms. The smallest absolute Gasteiger partial charge is 0.349 e. The fourth-order valence-electron chi connectivity index (χ4n) is 13.6. The summed E-state index contributed by atoms with van der Waals surface area (Å²) >= 11 is 15.3. The molecule has 9 unspecified atom stereocenters. The van der Waals surface area contributed by atoms with Crippen molar-refractivity contribution < 1.29 is 108 Å². The molecule has 7 heterocycles. The summed E-state index contributed by atoms with van der Waals surface area (Å²) < 4.78 is 21.9. The fourth-order valence-corrected chi connectivity index (χ4v) is 17.5. The summed E-state index contributed by atoms with van der Waals surface area (Å²) in [7, 11) is 0. The molecule has 32 nitrogen and oxygen atoms in total. The molecular formula is C87H79Cl2N6O26S3-5. The highest BCUT2D eigenvalue weighted by Gasteiger charge is 2.53. The molecule has 15 rings (SSSR count). The Morgan fingerprint density at radius 1 is 0.669 bits per heavy atom. The Bertz CT molecular complexity index is 6420. The first-order chi connectivity index (χ1) is 59.2. The molecule has 650 valence electrons. The highest BCUT2D eigenvalue weighted by Crippen LogP contribution is 2.46. The SMILES string of the molecule is C=C1CSC(C(NC(=O)CNC(=O)c2cc3c(oc2=O)=CC(O)C(Cl)C=3)C(=O)[O-])N=C1C(=O)[O-].CC.CC.CC.CC1=CC=C(c2c3ccc(=O)cc-3oc3cc(O)ccc23)C(C(=O)[O-])C1.O=C(CNCc1cc2c(oc1=O)=CC(O)C(Cl)C=2)NC1C(=O)N2C(C(=O)[O-])=C(CSc3ccc(-c4c5ccc(=O)cc-5oc5cc([O-])ccc45)c(C(=O)O)c3)CSC12.[HH]. The van der Waals surface area contributed by atoms with E-state index in [2.05, 4.69) is 32.8 Å². The number of nitrogens with zero attached hydrogens (tertiary/aromatic N) is 2. The number of halogens is 2. The molecule has 1 saturated heterocycles. The Morgan fingerprint density at radius 2 is 1.27 bits per heavy atom. The van der Waals surface area contributed by atoms with Crippen LogP contribution in [-0.2, 0) is 40.1 Å². The predicted molar refractivity (Wildman–Crippen MR) is 457 cm³/mol. The number of carboxylic acid groups (broad SMARTS) is 5. The van der Waals surface area contributed by atoms with E-state index in [4.69, 9.17) is 40.9 Å². The molecule has 8 N–H and O–H groups in total. The number of alkyl halides is 2. The van der Waals surface area contributed by atoms with Gasteiger partial charge in [0, 0.05) is 104 Å². The van der Waals surface area contributed by atoms with Crippen LogP contribution < -0.4 is 90.2 Å². The summed E-state index contributed by atoms with van der Waals surface area (Å²) in [5.74, 6) is -10.8. The second kappa shape index (κ2) is 41.0. The molecule has 10 aliphatic rings. The van der Waals surface area contributed by atoms with Crippen molar-refractivity contribution in [2.75, 3.05) is 30.3 Å². The molecule has 2 aromatic heterocycles. The van der Waals surface area contributed by atoms with E-state index in [0.29, 0.717) is 77.6 Å². The quantitative estimate of drug-likeness (QED) is 0.0229. The number of β-lactam (4-membered cyclic amide) rings is 1. The number of aliphatic imine (C=N–C) groups is 1.